The smallest absolute Gasteiger partial charge is 0.203 e. The molecule has 1 rings (SSSR count). The van der Waals surface area contributed by atoms with E-state index in [9.17, 15) is 0 Å². The van der Waals surface area contributed by atoms with Gasteiger partial charge in [-0.15, -0.1) is 6.42 Å². The predicted octanol–water partition coefficient (Wildman–Crippen LogP) is 2.03. The van der Waals surface area contributed by atoms with Gasteiger partial charge in [-0.25, -0.2) is 0 Å². The molecule has 0 bridgehead atoms. The van der Waals surface area contributed by atoms with E-state index < -0.39 is 6.10 Å². The van der Waals surface area contributed by atoms with Crippen LogP contribution in [-0.4, -0.2) is 28.4 Å². The van der Waals surface area contributed by atoms with Crippen molar-refractivity contribution in [2.45, 2.75) is 6.10 Å². The molecule has 0 fully saturated rings. The molecule has 0 aliphatic carbocycles. The maximum atomic E-state index is 5.38. The highest BCUT2D eigenvalue weighted by Crippen LogP contribution is 2.39. The minimum Gasteiger partial charge on any atom is -0.493 e. The van der Waals surface area contributed by atoms with Crippen molar-refractivity contribution in [2.75, 3.05) is 28.4 Å². The van der Waals surface area contributed by atoms with Crippen LogP contribution in [0.4, 0.5) is 0 Å². The Morgan fingerprint density at radius 3 is 1.82 bits per heavy atom. The molecular weight excluding hydrogens is 220 g/mol. The summed E-state index contributed by atoms with van der Waals surface area (Å²) in [6.45, 7) is 0. The molecule has 0 aromatic heterocycles. The van der Waals surface area contributed by atoms with Crippen LogP contribution in [0.15, 0.2) is 12.1 Å². The largest absolute Gasteiger partial charge is 0.493 e. The van der Waals surface area contributed by atoms with Gasteiger partial charge in [-0.3, -0.25) is 0 Å². The second kappa shape index (κ2) is 6.02. The lowest BCUT2D eigenvalue weighted by Gasteiger charge is -2.16. The van der Waals surface area contributed by atoms with Crippen molar-refractivity contribution in [3.63, 3.8) is 0 Å². The fourth-order valence-electron chi connectivity index (χ4n) is 1.55. The average Bonchev–Trinajstić information content (AvgIpc) is 2.38. The molecular formula is C13H16O4. The summed E-state index contributed by atoms with van der Waals surface area (Å²) < 4.78 is 20.8. The predicted molar refractivity (Wildman–Crippen MR) is 64.7 cm³/mol. The molecule has 0 N–H and O–H groups in total. The summed E-state index contributed by atoms with van der Waals surface area (Å²) in [4.78, 5) is 0. The molecule has 1 aromatic rings. The summed E-state index contributed by atoms with van der Waals surface area (Å²) in [5.41, 5.74) is 0.782. The first-order valence-corrected chi connectivity index (χ1v) is 5.00. The van der Waals surface area contributed by atoms with Crippen molar-refractivity contribution in [1.29, 1.82) is 0 Å². The van der Waals surface area contributed by atoms with E-state index in [1.807, 2.05) is 0 Å². The van der Waals surface area contributed by atoms with Crippen molar-refractivity contribution >= 4 is 0 Å². The van der Waals surface area contributed by atoms with Gasteiger partial charge in [-0.1, -0.05) is 5.92 Å². The molecule has 0 saturated heterocycles. The fourth-order valence-corrected chi connectivity index (χ4v) is 1.55. The highest BCUT2D eigenvalue weighted by atomic mass is 16.5. The second-order valence-corrected chi connectivity index (χ2v) is 3.24. The third kappa shape index (κ3) is 2.63. The van der Waals surface area contributed by atoms with Crippen LogP contribution in [-0.2, 0) is 4.74 Å². The number of ether oxygens (including phenoxy) is 4. The molecule has 0 radical (unpaired) electrons. The van der Waals surface area contributed by atoms with E-state index in [1.54, 1.807) is 40.6 Å². The van der Waals surface area contributed by atoms with Crippen LogP contribution >= 0.6 is 0 Å². The standard InChI is InChI=1S/C13H16O4/c1-6-10(14-2)9-7-11(15-3)13(17-5)12(8-9)16-4/h1,7-8,10H,2-5H3. The number of terminal acetylenes is 1. The lowest BCUT2D eigenvalue weighted by molar-refractivity contribution is 0.150. The van der Waals surface area contributed by atoms with Crippen molar-refractivity contribution in [2.24, 2.45) is 0 Å². The van der Waals surface area contributed by atoms with E-state index >= 15 is 0 Å². The number of methoxy groups -OCH3 is 4. The molecule has 92 valence electrons. The molecule has 0 spiro atoms. The van der Waals surface area contributed by atoms with E-state index in [0.717, 1.165) is 5.56 Å². The van der Waals surface area contributed by atoms with E-state index in [1.165, 1.54) is 0 Å². The van der Waals surface area contributed by atoms with Gasteiger partial charge in [0.25, 0.3) is 0 Å². The maximum Gasteiger partial charge on any atom is 0.203 e. The Balaban J connectivity index is 3.32. The summed E-state index contributed by atoms with van der Waals surface area (Å²) in [5.74, 6) is 4.18. The van der Waals surface area contributed by atoms with Gasteiger partial charge in [0.05, 0.1) is 21.3 Å². The number of hydrogen-bond acceptors (Lipinski definition) is 4. The normalized spacial score (nSPS) is 11.5. The molecule has 4 heteroatoms. The van der Waals surface area contributed by atoms with Crippen LogP contribution in [0.3, 0.4) is 0 Å². The Morgan fingerprint density at radius 2 is 1.53 bits per heavy atom. The van der Waals surface area contributed by atoms with E-state index in [0.29, 0.717) is 17.2 Å². The van der Waals surface area contributed by atoms with Crippen molar-refractivity contribution in [3.05, 3.63) is 17.7 Å². The Morgan fingerprint density at radius 1 is 1.00 bits per heavy atom. The van der Waals surface area contributed by atoms with Crippen LogP contribution in [0, 0.1) is 12.3 Å². The van der Waals surface area contributed by atoms with Gasteiger partial charge in [0.15, 0.2) is 11.5 Å². The Labute approximate surface area is 101 Å². The zero-order chi connectivity index (χ0) is 12.8. The van der Waals surface area contributed by atoms with Crippen LogP contribution in [0.5, 0.6) is 17.2 Å². The molecule has 4 nitrogen and oxygen atoms in total. The van der Waals surface area contributed by atoms with Crippen LogP contribution in [0.25, 0.3) is 0 Å². The molecule has 0 heterocycles. The zero-order valence-electron chi connectivity index (χ0n) is 10.4. The molecule has 0 saturated carbocycles. The fraction of sp³-hybridized carbons (Fsp3) is 0.385. The molecule has 0 aliphatic rings. The van der Waals surface area contributed by atoms with Crippen molar-refractivity contribution in [3.8, 4) is 29.6 Å². The number of rotatable bonds is 5. The lowest BCUT2D eigenvalue weighted by Crippen LogP contribution is -2.02. The Hall–Kier alpha value is -1.86. The highest BCUT2D eigenvalue weighted by molar-refractivity contribution is 5.54. The van der Waals surface area contributed by atoms with Crippen molar-refractivity contribution < 1.29 is 18.9 Å². The quantitative estimate of drug-likeness (QED) is 0.733. The van der Waals surface area contributed by atoms with Gasteiger partial charge in [0.1, 0.15) is 6.10 Å². The molecule has 0 aliphatic heterocycles. The van der Waals surface area contributed by atoms with E-state index in [-0.39, 0.29) is 0 Å². The molecule has 1 unspecified atom stereocenters. The minimum atomic E-state index is -0.441. The molecule has 1 aromatic carbocycles. The first-order valence-electron chi connectivity index (χ1n) is 5.00. The Bertz CT molecular complexity index is 395. The first-order chi connectivity index (χ1) is 8.21. The third-order valence-corrected chi connectivity index (χ3v) is 2.38. The van der Waals surface area contributed by atoms with Gasteiger partial charge < -0.3 is 18.9 Å². The monoisotopic (exact) mass is 236 g/mol. The lowest BCUT2D eigenvalue weighted by atomic mass is 10.1. The van der Waals surface area contributed by atoms with E-state index in [2.05, 4.69) is 5.92 Å². The highest BCUT2D eigenvalue weighted by Gasteiger charge is 2.17. The van der Waals surface area contributed by atoms with Crippen LogP contribution in [0.2, 0.25) is 0 Å². The van der Waals surface area contributed by atoms with E-state index in [4.69, 9.17) is 25.4 Å². The SMILES string of the molecule is C#CC(OC)c1cc(OC)c(OC)c(OC)c1. The van der Waals surface area contributed by atoms with Gasteiger partial charge in [0, 0.05) is 12.7 Å². The van der Waals surface area contributed by atoms with Gasteiger partial charge >= 0.3 is 0 Å². The number of benzene rings is 1. The molecule has 1 atom stereocenters. The summed E-state index contributed by atoms with van der Waals surface area (Å²) in [6.07, 6.45) is 4.94. The van der Waals surface area contributed by atoms with Crippen LogP contribution < -0.4 is 14.2 Å². The Kier molecular flexibility index (Phi) is 4.68. The minimum absolute atomic E-state index is 0.441. The summed E-state index contributed by atoms with van der Waals surface area (Å²) in [7, 11) is 6.21. The van der Waals surface area contributed by atoms with Crippen molar-refractivity contribution in [1.82, 2.24) is 0 Å². The molecule has 0 amide bonds. The van der Waals surface area contributed by atoms with Gasteiger partial charge in [0.2, 0.25) is 5.75 Å². The summed E-state index contributed by atoms with van der Waals surface area (Å²) in [6, 6.07) is 3.55. The van der Waals surface area contributed by atoms with Gasteiger partial charge in [-0.2, -0.15) is 0 Å². The average molecular weight is 236 g/mol. The van der Waals surface area contributed by atoms with Gasteiger partial charge in [-0.05, 0) is 12.1 Å². The zero-order valence-corrected chi connectivity index (χ0v) is 10.4. The topological polar surface area (TPSA) is 36.9 Å². The number of hydrogen-bond donors (Lipinski definition) is 0. The van der Waals surface area contributed by atoms with Crippen LogP contribution in [0.1, 0.15) is 11.7 Å². The summed E-state index contributed by atoms with van der Waals surface area (Å²) >= 11 is 0. The third-order valence-electron chi connectivity index (χ3n) is 2.38. The summed E-state index contributed by atoms with van der Waals surface area (Å²) in [5, 5.41) is 0. The molecule has 17 heavy (non-hydrogen) atoms. The maximum absolute atomic E-state index is 5.38. The second-order valence-electron chi connectivity index (χ2n) is 3.24. The first kappa shape index (κ1) is 13.2.